The minimum absolute atomic E-state index is 0.276. The van der Waals surface area contributed by atoms with Gasteiger partial charge in [0.25, 0.3) is 0 Å². The van der Waals surface area contributed by atoms with Crippen LogP contribution in [0.3, 0.4) is 0 Å². The summed E-state index contributed by atoms with van der Waals surface area (Å²) >= 11 is 0. The van der Waals surface area contributed by atoms with Crippen LogP contribution in [0.5, 0.6) is 0 Å². The highest BCUT2D eigenvalue weighted by Gasteiger charge is 2.38. The van der Waals surface area contributed by atoms with E-state index in [1.807, 2.05) is 0 Å². The molecule has 1 atom stereocenters. The minimum Gasteiger partial charge on any atom is -0.208 e. The summed E-state index contributed by atoms with van der Waals surface area (Å²) < 4.78 is 23.9. The molecular formula is C8H12N2O2S. The summed E-state index contributed by atoms with van der Waals surface area (Å²) in [5.74, 6) is 0. The van der Waals surface area contributed by atoms with Gasteiger partial charge < -0.3 is 0 Å². The van der Waals surface area contributed by atoms with Crippen molar-refractivity contribution in [2.75, 3.05) is 13.1 Å². The Kier molecular flexibility index (Phi) is 2.46. The molecule has 0 saturated carbocycles. The summed E-state index contributed by atoms with van der Waals surface area (Å²) in [5.41, 5.74) is -0.532. The Morgan fingerprint density at radius 1 is 1.69 bits per heavy atom. The molecule has 4 nitrogen and oxygen atoms in total. The van der Waals surface area contributed by atoms with Crippen molar-refractivity contribution < 1.29 is 8.42 Å². The third kappa shape index (κ3) is 1.90. The van der Waals surface area contributed by atoms with Crippen LogP contribution >= 0.6 is 0 Å². The lowest BCUT2D eigenvalue weighted by Gasteiger charge is -2.15. The lowest BCUT2D eigenvalue weighted by Crippen LogP contribution is -2.28. The van der Waals surface area contributed by atoms with E-state index in [1.165, 1.54) is 4.31 Å². The third-order valence-corrected chi connectivity index (χ3v) is 3.73. The van der Waals surface area contributed by atoms with Crippen molar-refractivity contribution in [3.63, 3.8) is 0 Å². The lowest BCUT2D eigenvalue weighted by atomic mass is 9.92. The van der Waals surface area contributed by atoms with E-state index < -0.39 is 15.4 Å². The molecule has 13 heavy (non-hydrogen) atoms. The molecule has 1 aliphatic rings. The van der Waals surface area contributed by atoms with Gasteiger partial charge in [-0.2, -0.15) is 9.57 Å². The highest BCUT2D eigenvalue weighted by molar-refractivity contribution is 7.92. The SMILES string of the molecule is C=CS(=O)(=O)N1CCC(C)(C#N)C1. The van der Waals surface area contributed by atoms with E-state index in [-0.39, 0.29) is 6.54 Å². The van der Waals surface area contributed by atoms with Crippen LogP contribution in [0, 0.1) is 16.7 Å². The molecule has 0 spiro atoms. The van der Waals surface area contributed by atoms with E-state index in [1.54, 1.807) is 6.92 Å². The van der Waals surface area contributed by atoms with Gasteiger partial charge in [0.05, 0.1) is 11.5 Å². The molecule has 0 amide bonds. The van der Waals surface area contributed by atoms with Gasteiger partial charge in [0, 0.05) is 18.5 Å². The molecule has 0 N–H and O–H groups in total. The van der Waals surface area contributed by atoms with E-state index in [0.29, 0.717) is 13.0 Å². The summed E-state index contributed by atoms with van der Waals surface area (Å²) in [6, 6.07) is 2.13. The maximum absolute atomic E-state index is 11.3. The predicted octanol–water partition coefficient (Wildman–Crippen LogP) is 0.695. The van der Waals surface area contributed by atoms with Crippen LogP contribution in [0.25, 0.3) is 0 Å². The van der Waals surface area contributed by atoms with Crippen molar-refractivity contribution in [3.8, 4) is 6.07 Å². The van der Waals surface area contributed by atoms with E-state index in [4.69, 9.17) is 5.26 Å². The smallest absolute Gasteiger partial charge is 0.208 e. The summed E-state index contributed by atoms with van der Waals surface area (Å²) in [5, 5.41) is 9.71. The fraction of sp³-hybridized carbons (Fsp3) is 0.625. The van der Waals surface area contributed by atoms with Gasteiger partial charge in [0.15, 0.2) is 0 Å². The molecule has 1 rings (SSSR count). The van der Waals surface area contributed by atoms with Gasteiger partial charge in [-0.3, -0.25) is 0 Å². The number of nitrogens with zero attached hydrogens (tertiary/aromatic N) is 2. The summed E-state index contributed by atoms with van der Waals surface area (Å²) in [6.45, 7) is 5.70. The molecule has 1 saturated heterocycles. The van der Waals surface area contributed by atoms with Gasteiger partial charge in [0.1, 0.15) is 0 Å². The molecule has 72 valence electrons. The summed E-state index contributed by atoms with van der Waals surface area (Å²) in [7, 11) is -3.33. The molecule has 0 aromatic rings. The van der Waals surface area contributed by atoms with Crippen molar-refractivity contribution >= 4 is 10.0 Å². The maximum atomic E-state index is 11.3. The van der Waals surface area contributed by atoms with Gasteiger partial charge in [-0.05, 0) is 13.3 Å². The van der Waals surface area contributed by atoms with Gasteiger partial charge in [-0.15, -0.1) is 0 Å². The number of hydrogen-bond acceptors (Lipinski definition) is 3. The molecule has 1 fully saturated rings. The highest BCUT2D eigenvalue weighted by Crippen LogP contribution is 2.30. The van der Waals surface area contributed by atoms with Crippen LogP contribution < -0.4 is 0 Å². The topological polar surface area (TPSA) is 61.2 Å². The zero-order valence-corrected chi connectivity index (χ0v) is 8.34. The predicted molar refractivity (Wildman–Crippen MR) is 49.0 cm³/mol. The fourth-order valence-corrected chi connectivity index (χ4v) is 2.35. The number of sulfonamides is 1. The number of hydrogen-bond donors (Lipinski definition) is 0. The van der Waals surface area contributed by atoms with Gasteiger partial charge in [-0.25, -0.2) is 8.42 Å². The molecule has 1 unspecified atom stereocenters. The van der Waals surface area contributed by atoms with Crippen molar-refractivity contribution in [2.24, 2.45) is 5.41 Å². The molecule has 0 radical (unpaired) electrons. The minimum atomic E-state index is -3.33. The zero-order chi connectivity index (χ0) is 10.1. The fourth-order valence-electron chi connectivity index (χ4n) is 1.33. The van der Waals surface area contributed by atoms with E-state index >= 15 is 0 Å². The maximum Gasteiger partial charge on any atom is 0.235 e. The normalized spacial score (nSPS) is 29.8. The molecule has 1 heterocycles. The van der Waals surface area contributed by atoms with Crippen LogP contribution in [0.15, 0.2) is 12.0 Å². The molecule has 0 aliphatic carbocycles. The monoisotopic (exact) mass is 200 g/mol. The Labute approximate surface area is 78.5 Å². The zero-order valence-electron chi connectivity index (χ0n) is 7.52. The van der Waals surface area contributed by atoms with Crippen LogP contribution in [-0.4, -0.2) is 25.8 Å². The van der Waals surface area contributed by atoms with Crippen LogP contribution in [0.1, 0.15) is 13.3 Å². The van der Waals surface area contributed by atoms with E-state index in [2.05, 4.69) is 12.6 Å². The first-order valence-electron chi connectivity index (χ1n) is 3.97. The van der Waals surface area contributed by atoms with Crippen molar-refractivity contribution in [1.29, 1.82) is 5.26 Å². The van der Waals surface area contributed by atoms with Crippen LogP contribution in [0.2, 0.25) is 0 Å². The molecule has 1 aliphatic heterocycles. The second kappa shape index (κ2) is 3.13. The second-order valence-electron chi connectivity index (χ2n) is 3.47. The quantitative estimate of drug-likeness (QED) is 0.659. The number of nitriles is 1. The number of rotatable bonds is 2. The van der Waals surface area contributed by atoms with Gasteiger partial charge >= 0.3 is 0 Å². The Hall–Kier alpha value is -0.860. The summed E-state index contributed by atoms with van der Waals surface area (Å²) in [6.07, 6.45) is 0.594. The lowest BCUT2D eigenvalue weighted by molar-refractivity contribution is 0.431. The molecule has 0 bridgehead atoms. The second-order valence-corrected chi connectivity index (χ2v) is 5.35. The van der Waals surface area contributed by atoms with Crippen LogP contribution in [-0.2, 0) is 10.0 Å². The third-order valence-electron chi connectivity index (χ3n) is 2.28. The largest absolute Gasteiger partial charge is 0.235 e. The molecule has 0 aromatic carbocycles. The molecule has 5 heteroatoms. The highest BCUT2D eigenvalue weighted by atomic mass is 32.2. The van der Waals surface area contributed by atoms with E-state index in [0.717, 1.165) is 5.41 Å². The Balaban J connectivity index is 2.84. The van der Waals surface area contributed by atoms with Crippen molar-refractivity contribution in [2.45, 2.75) is 13.3 Å². The van der Waals surface area contributed by atoms with Crippen LogP contribution in [0.4, 0.5) is 0 Å². The first-order valence-corrected chi connectivity index (χ1v) is 5.48. The van der Waals surface area contributed by atoms with Gasteiger partial charge in [0.2, 0.25) is 10.0 Å². The average Bonchev–Trinajstić information content (AvgIpc) is 2.50. The summed E-state index contributed by atoms with van der Waals surface area (Å²) in [4.78, 5) is 0. The van der Waals surface area contributed by atoms with Crippen molar-refractivity contribution in [1.82, 2.24) is 4.31 Å². The Morgan fingerprint density at radius 2 is 2.31 bits per heavy atom. The average molecular weight is 200 g/mol. The Morgan fingerprint density at radius 3 is 2.69 bits per heavy atom. The first-order chi connectivity index (χ1) is 5.93. The van der Waals surface area contributed by atoms with Crippen molar-refractivity contribution in [3.05, 3.63) is 12.0 Å². The Bertz CT molecular complexity index is 355. The first kappa shape index (κ1) is 10.2. The molecular weight excluding hydrogens is 188 g/mol. The van der Waals surface area contributed by atoms with Gasteiger partial charge in [-0.1, -0.05) is 6.58 Å². The standard InChI is InChI=1S/C8H12N2O2S/c1-3-13(11,12)10-5-4-8(2,6-9)7-10/h3H,1,4-5,7H2,2H3. The van der Waals surface area contributed by atoms with E-state index in [9.17, 15) is 8.42 Å². The molecule has 0 aromatic heterocycles.